The number of ether oxygens (including phenoxy) is 1. The summed E-state index contributed by atoms with van der Waals surface area (Å²) in [5, 5.41) is 5.84. The van der Waals surface area contributed by atoms with Crippen LogP contribution in [0.3, 0.4) is 0 Å². The molecule has 7 nitrogen and oxygen atoms in total. The normalized spacial score (nSPS) is 10.2. The van der Waals surface area contributed by atoms with Gasteiger partial charge >= 0.3 is 5.97 Å². The van der Waals surface area contributed by atoms with Gasteiger partial charge in [-0.2, -0.15) is 0 Å². The molecule has 0 radical (unpaired) electrons. The van der Waals surface area contributed by atoms with E-state index in [4.69, 9.17) is 4.74 Å². The molecule has 3 rings (SSSR count). The molecule has 3 aromatic rings. The molecular weight excluding hydrogens is 356 g/mol. The van der Waals surface area contributed by atoms with Crippen LogP contribution in [0.25, 0.3) is 0 Å². The fraction of sp³-hybridized carbons (Fsp3) is 0.143. The fourth-order valence-electron chi connectivity index (χ4n) is 2.53. The summed E-state index contributed by atoms with van der Waals surface area (Å²) in [6.45, 7) is 3.95. The molecule has 0 spiro atoms. The number of esters is 1. The molecule has 0 aliphatic carbocycles. The number of rotatable bonds is 6. The van der Waals surface area contributed by atoms with Crippen LogP contribution in [-0.4, -0.2) is 28.5 Å². The Morgan fingerprint density at radius 1 is 0.964 bits per heavy atom. The van der Waals surface area contributed by atoms with E-state index >= 15 is 0 Å². The molecule has 0 fully saturated rings. The molecule has 7 heteroatoms. The van der Waals surface area contributed by atoms with Gasteiger partial charge in [-0.3, -0.25) is 4.79 Å². The van der Waals surface area contributed by atoms with Gasteiger partial charge in [-0.25, -0.2) is 14.8 Å². The van der Waals surface area contributed by atoms with Crippen molar-refractivity contribution < 1.29 is 14.3 Å². The number of carbonyl (C=O) groups excluding carboxylic acids is 2. The average Bonchev–Trinajstić information content (AvgIpc) is 2.71. The third kappa shape index (κ3) is 4.50. The first-order valence-electron chi connectivity index (χ1n) is 8.80. The molecule has 0 atom stereocenters. The second kappa shape index (κ2) is 8.77. The van der Waals surface area contributed by atoms with Gasteiger partial charge in [0.1, 0.15) is 11.5 Å². The van der Waals surface area contributed by atoms with Crippen molar-refractivity contribution in [3.05, 3.63) is 77.7 Å². The number of benzene rings is 2. The SMILES string of the molecule is CCOC(=O)c1ccccc1Nc1cnc(C(=O)Nc2ccccc2C)cn1. The van der Waals surface area contributed by atoms with Gasteiger partial charge in [-0.1, -0.05) is 30.3 Å². The summed E-state index contributed by atoms with van der Waals surface area (Å²) in [5.74, 6) is -0.364. The van der Waals surface area contributed by atoms with Crippen LogP contribution in [0, 0.1) is 6.92 Å². The summed E-state index contributed by atoms with van der Waals surface area (Å²) in [4.78, 5) is 32.8. The Bertz CT molecular complexity index is 987. The number of anilines is 3. The van der Waals surface area contributed by atoms with Gasteiger partial charge in [0.25, 0.3) is 5.91 Å². The lowest BCUT2D eigenvalue weighted by Gasteiger charge is -2.11. The number of carbonyl (C=O) groups is 2. The predicted molar refractivity (Wildman–Crippen MR) is 107 cm³/mol. The van der Waals surface area contributed by atoms with E-state index in [9.17, 15) is 9.59 Å². The van der Waals surface area contributed by atoms with Crippen molar-refractivity contribution in [1.82, 2.24) is 9.97 Å². The van der Waals surface area contributed by atoms with Gasteiger partial charge in [0.2, 0.25) is 0 Å². The fourth-order valence-corrected chi connectivity index (χ4v) is 2.53. The number of aromatic nitrogens is 2. The van der Waals surface area contributed by atoms with Crippen molar-refractivity contribution in [2.24, 2.45) is 0 Å². The molecule has 1 amide bonds. The number of hydrogen-bond acceptors (Lipinski definition) is 6. The van der Waals surface area contributed by atoms with Crippen molar-refractivity contribution in [1.29, 1.82) is 0 Å². The van der Waals surface area contributed by atoms with Crippen LogP contribution in [-0.2, 0) is 4.74 Å². The molecule has 1 aromatic heterocycles. The molecule has 28 heavy (non-hydrogen) atoms. The molecule has 1 heterocycles. The first-order chi connectivity index (χ1) is 13.6. The third-order valence-corrected chi connectivity index (χ3v) is 3.96. The molecule has 0 bridgehead atoms. The van der Waals surface area contributed by atoms with Crippen molar-refractivity contribution in [2.45, 2.75) is 13.8 Å². The Morgan fingerprint density at radius 2 is 1.68 bits per heavy atom. The summed E-state index contributed by atoms with van der Waals surface area (Å²) < 4.78 is 5.06. The maximum atomic E-state index is 12.4. The Morgan fingerprint density at radius 3 is 2.36 bits per heavy atom. The van der Waals surface area contributed by atoms with Crippen LogP contribution in [0.1, 0.15) is 33.3 Å². The Balaban J connectivity index is 1.73. The van der Waals surface area contributed by atoms with Crippen LogP contribution in [0.5, 0.6) is 0 Å². The summed E-state index contributed by atoms with van der Waals surface area (Å²) >= 11 is 0. The van der Waals surface area contributed by atoms with Gasteiger partial charge in [0.05, 0.1) is 30.3 Å². The van der Waals surface area contributed by atoms with Crippen LogP contribution in [0.15, 0.2) is 60.9 Å². The summed E-state index contributed by atoms with van der Waals surface area (Å²) in [7, 11) is 0. The van der Waals surface area contributed by atoms with Crippen molar-refractivity contribution in [3.63, 3.8) is 0 Å². The van der Waals surface area contributed by atoms with Gasteiger partial charge < -0.3 is 15.4 Å². The van der Waals surface area contributed by atoms with E-state index in [1.165, 1.54) is 12.4 Å². The zero-order valence-corrected chi connectivity index (χ0v) is 15.6. The minimum absolute atomic E-state index is 0.187. The molecule has 0 saturated carbocycles. The second-order valence-electron chi connectivity index (χ2n) is 5.95. The number of para-hydroxylation sites is 2. The predicted octanol–water partition coefficient (Wildman–Crippen LogP) is 3.96. The van der Waals surface area contributed by atoms with E-state index in [0.29, 0.717) is 17.1 Å². The highest BCUT2D eigenvalue weighted by Gasteiger charge is 2.13. The minimum atomic E-state index is -0.423. The lowest BCUT2D eigenvalue weighted by molar-refractivity contribution is 0.0527. The highest BCUT2D eigenvalue weighted by molar-refractivity contribution is 6.03. The zero-order valence-electron chi connectivity index (χ0n) is 15.6. The van der Waals surface area contributed by atoms with Crippen LogP contribution < -0.4 is 10.6 Å². The zero-order chi connectivity index (χ0) is 19.9. The van der Waals surface area contributed by atoms with Crippen molar-refractivity contribution in [2.75, 3.05) is 17.2 Å². The maximum absolute atomic E-state index is 12.4. The number of nitrogens with one attached hydrogen (secondary N) is 2. The van der Waals surface area contributed by atoms with E-state index in [-0.39, 0.29) is 18.2 Å². The quantitative estimate of drug-likeness (QED) is 0.633. The van der Waals surface area contributed by atoms with Gasteiger partial charge in [0.15, 0.2) is 0 Å². The van der Waals surface area contributed by atoms with E-state index in [0.717, 1.165) is 11.3 Å². The molecular formula is C21H20N4O3. The average molecular weight is 376 g/mol. The number of nitrogens with zero attached hydrogens (tertiary/aromatic N) is 2. The summed E-state index contributed by atoms with van der Waals surface area (Å²) in [6, 6.07) is 14.4. The van der Waals surface area contributed by atoms with Gasteiger partial charge in [0, 0.05) is 5.69 Å². The molecule has 2 aromatic carbocycles. The molecule has 142 valence electrons. The lowest BCUT2D eigenvalue weighted by Crippen LogP contribution is -2.15. The smallest absolute Gasteiger partial charge is 0.340 e. The Hall–Kier alpha value is -3.74. The molecule has 0 unspecified atom stereocenters. The minimum Gasteiger partial charge on any atom is -0.462 e. The van der Waals surface area contributed by atoms with E-state index in [1.54, 1.807) is 31.2 Å². The largest absolute Gasteiger partial charge is 0.462 e. The van der Waals surface area contributed by atoms with E-state index < -0.39 is 5.97 Å². The topological polar surface area (TPSA) is 93.2 Å². The second-order valence-corrected chi connectivity index (χ2v) is 5.95. The Kier molecular flexibility index (Phi) is 5.96. The maximum Gasteiger partial charge on any atom is 0.340 e. The molecule has 0 aliphatic heterocycles. The monoisotopic (exact) mass is 376 g/mol. The molecule has 0 aliphatic rings. The van der Waals surface area contributed by atoms with Gasteiger partial charge in [-0.15, -0.1) is 0 Å². The van der Waals surface area contributed by atoms with Gasteiger partial charge in [-0.05, 0) is 37.6 Å². The number of hydrogen-bond donors (Lipinski definition) is 2. The van der Waals surface area contributed by atoms with Crippen LogP contribution >= 0.6 is 0 Å². The third-order valence-electron chi connectivity index (χ3n) is 3.96. The van der Waals surface area contributed by atoms with Crippen LogP contribution in [0.4, 0.5) is 17.2 Å². The number of aryl methyl sites for hydroxylation is 1. The highest BCUT2D eigenvalue weighted by atomic mass is 16.5. The van der Waals surface area contributed by atoms with Crippen molar-refractivity contribution in [3.8, 4) is 0 Å². The van der Waals surface area contributed by atoms with Crippen LogP contribution in [0.2, 0.25) is 0 Å². The lowest BCUT2D eigenvalue weighted by atomic mass is 10.2. The van der Waals surface area contributed by atoms with E-state index in [1.807, 2.05) is 31.2 Å². The van der Waals surface area contributed by atoms with E-state index in [2.05, 4.69) is 20.6 Å². The first kappa shape index (κ1) is 19.0. The van der Waals surface area contributed by atoms with Crippen molar-refractivity contribution >= 4 is 29.1 Å². The highest BCUT2D eigenvalue weighted by Crippen LogP contribution is 2.20. The first-order valence-corrected chi connectivity index (χ1v) is 8.80. The molecule has 0 saturated heterocycles. The molecule has 2 N–H and O–H groups in total. The summed E-state index contributed by atoms with van der Waals surface area (Å²) in [5.41, 5.74) is 2.81. The Labute approximate surface area is 162 Å². The number of amides is 1. The summed E-state index contributed by atoms with van der Waals surface area (Å²) in [6.07, 6.45) is 2.82. The standard InChI is InChI=1S/C21H20N4O3/c1-3-28-21(27)15-9-5-7-11-17(15)24-19-13-22-18(12-23-19)20(26)25-16-10-6-4-8-14(16)2/h4-13H,3H2,1-2H3,(H,23,24)(H,25,26).